The van der Waals surface area contributed by atoms with E-state index < -0.39 is 6.17 Å². The number of likely N-dealkylation sites (tertiary alicyclic amines) is 1. The molecule has 0 spiro atoms. The number of carbonyl (C=O) groups is 1. The van der Waals surface area contributed by atoms with Gasteiger partial charge in [0.2, 0.25) is 0 Å². The lowest BCUT2D eigenvalue weighted by molar-refractivity contribution is 0.102. The molecular weight excluding hydrogens is 475 g/mol. The molecule has 1 saturated heterocycles. The molecule has 192 valence electrons. The van der Waals surface area contributed by atoms with Crippen molar-refractivity contribution in [2.45, 2.75) is 52.2 Å². The average molecular weight is 505 g/mol. The van der Waals surface area contributed by atoms with Gasteiger partial charge in [-0.25, -0.2) is 9.07 Å². The van der Waals surface area contributed by atoms with Gasteiger partial charge in [0.1, 0.15) is 17.6 Å². The SMILES string of the molecule is Cc1ncc(C(=O)Nc2cc(C(C)(C)C)on2)cc1-n1cc(-c2cncc(CN3CC[C@@H](F)C3)c2)nn1. The molecular formula is C26H29FN8O2. The highest BCUT2D eigenvalue weighted by Gasteiger charge is 2.23. The van der Waals surface area contributed by atoms with Crippen LogP contribution in [0.3, 0.4) is 0 Å². The second kappa shape index (κ2) is 9.81. The number of hydrogen-bond acceptors (Lipinski definition) is 8. The lowest BCUT2D eigenvalue weighted by Gasteiger charge is -2.14. The number of hydrogen-bond donors (Lipinski definition) is 1. The van der Waals surface area contributed by atoms with Crippen LogP contribution in [-0.4, -0.2) is 60.2 Å². The molecule has 11 heteroatoms. The Kier molecular flexibility index (Phi) is 6.55. The summed E-state index contributed by atoms with van der Waals surface area (Å²) in [6, 6.07) is 5.41. The van der Waals surface area contributed by atoms with Crippen LogP contribution in [0.1, 0.15) is 54.6 Å². The van der Waals surface area contributed by atoms with Crippen molar-refractivity contribution in [3.63, 3.8) is 0 Å². The molecule has 0 radical (unpaired) electrons. The molecule has 37 heavy (non-hydrogen) atoms. The summed E-state index contributed by atoms with van der Waals surface area (Å²) in [7, 11) is 0. The Balaban J connectivity index is 1.33. The maximum Gasteiger partial charge on any atom is 0.258 e. The Morgan fingerprint density at radius 2 is 2.05 bits per heavy atom. The highest BCUT2D eigenvalue weighted by atomic mass is 19.1. The number of nitrogens with zero attached hydrogens (tertiary/aromatic N) is 7. The second-order valence-corrected chi connectivity index (χ2v) is 10.4. The Labute approximate surface area is 213 Å². The van der Waals surface area contributed by atoms with E-state index in [1.807, 2.05) is 33.8 Å². The van der Waals surface area contributed by atoms with Crippen LogP contribution in [0.15, 0.2) is 47.5 Å². The fraction of sp³-hybridized carbons (Fsp3) is 0.385. The van der Waals surface area contributed by atoms with Gasteiger partial charge in [0.25, 0.3) is 5.91 Å². The minimum absolute atomic E-state index is 0.222. The van der Waals surface area contributed by atoms with Crippen molar-refractivity contribution in [1.82, 2.24) is 35.0 Å². The lowest BCUT2D eigenvalue weighted by atomic mass is 9.93. The Morgan fingerprint density at radius 1 is 1.22 bits per heavy atom. The molecule has 1 aliphatic rings. The molecule has 1 aliphatic heterocycles. The highest BCUT2D eigenvalue weighted by Crippen LogP contribution is 2.25. The van der Waals surface area contributed by atoms with Gasteiger partial charge >= 0.3 is 0 Å². The van der Waals surface area contributed by atoms with E-state index in [4.69, 9.17) is 4.52 Å². The molecule has 1 amide bonds. The van der Waals surface area contributed by atoms with Crippen molar-refractivity contribution in [2.24, 2.45) is 0 Å². The van der Waals surface area contributed by atoms with E-state index in [0.29, 0.717) is 53.7 Å². The monoisotopic (exact) mass is 504 g/mol. The minimum Gasteiger partial charge on any atom is -0.359 e. The smallest absolute Gasteiger partial charge is 0.258 e. The number of amides is 1. The summed E-state index contributed by atoms with van der Waals surface area (Å²) >= 11 is 0. The van der Waals surface area contributed by atoms with Gasteiger partial charge in [-0.3, -0.25) is 19.7 Å². The van der Waals surface area contributed by atoms with Crippen LogP contribution < -0.4 is 5.32 Å². The first-order valence-electron chi connectivity index (χ1n) is 12.1. The van der Waals surface area contributed by atoms with E-state index in [0.717, 1.165) is 17.7 Å². The molecule has 0 bridgehead atoms. The fourth-order valence-corrected chi connectivity index (χ4v) is 4.17. The maximum atomic E-state index is 13.5. The summed E-state index contributed by atoms with van der Waals surface area (Å²) in [5, 5.41) is 15.3. The van der Waals surface area contributed by atoms with Gasteiger partial charge in [-0.2, -0.15) is 0 Å². The van der Waals surface area contributed by atoms with Crippen molar-refractivity contribution in [3.8, 4) is 16.9 Å². The number of anilines is 1. The first-order chi connectivity index (χ1) is 17.7. The molecule has 5 rings (SSSR count). The minimum atomic E-state index is -0.761. The summed E-state index contributed by atoms with van der Waals surface area (Å²) in [6.07, 6.45) is 6.59. The van der Waals surface area contributed by atoms with Crippen LogP contribution >= 0.6 is 0 Å². The van der Waals surface area contributed by atoms with Crippen LogP contribution in [0.2, 0.25) is 0 Å². The number of aromatic nitrogens is 6. The molecule has 1 N–H and O–H groups in total. The largest absolute Gasteiger partial charge is 0.359 e. The Hall–Kier alpha value is -3.99. The van der Waals surface area contributed by atoms with Crippen LogP contribution in [0.25, 0.3) is 16.9 Å². The van der Waals surface area contributed by atoms with Crippen molar-refractivity contribution < 1.29 is 13.7 Å². The number of rotatable bonds is 6. The fourth-order valence-electron chi connectivity index (χ4n) is 4.17. The Bertz CT molecular complexity index is 1420. The van der Waals surface area contributed by atoms with Crippen LogP contribution in [0.5, 0.6) is 0 Å². The Morgan fingerprint density at radius 3 is 2.78 bits per heavy atom. The zero-order valence-corrected chi connectivity index (χ0v) is 21.3. The molecule has 1 atom stereocenters. The van der Waals surface area contributed by atoms with E-state index >= 15 is 0 Å². The summed E-state index contributed by atoms with van der Waals surface area (Å²) in [5.41, 5.74) is 3.85. The molecule has 0 unspecified atom stereocenters. The summed E-state index contributed by atoms with van der Waals surface area (Å²) in [4.78, 5) is 23.7. The average Bonchev–Trinajstić information content (AvgIpc) is 3.61. The van der Waals surface area contributed by atoms with Gasteiger partial charge in [-0.05, 0) is 31.0 Å². The number of alkyl halides is 1. The summed E-state index contributed by atoms with van der Waals surface area (Å²) in [6.45, 7) is 9.67. The molecule has 5 heterocycles. The van der Waals surface area contributed by atoms with Crippen LogP contribution in [-0.2, 0) is 12.0 Å². The van der Waals surface area contributed by atoms with E-state index in [9.17, 15) is 9.18 Å². The van der Waals surface area contributed by atoms with Gasteiger partial charge in [0, 0.05) is 55.3 Å². The second-order valence-electron chi connectivity index (χ2n) is 10.4. The van der Waals surface area contributed by atoms with E-state index in [-0.39, 0.29) is 11.3 Å². The first kappa shape index (κ1) is 24.7. The van der Waals surface area contributed by atoms with E-state index in [1.54, 1.807) is 35.4 Å². The molecule has 0 saturated carbocycles. The zero-order chi connectivity index (χ0) is 26.2. The standard InChI is InChI=1S/C26H29FN8O2/c1-16-22(8-19(12-29-16)25(36)30-24-9-23(37-32-24)26(2,3)4)35-15-21(31-33-35)18-7-17(10-28-11-18)13-34-6-5-20(27)14-34/h7-12,15,20H,5-6,13-14H2,1-4H3,(H,30,32,36)/t20-/m1/s1. The van der Waals surface area contributed by atoms with Crippen molar-refractivity contribution >= 4 is 11.7 Å². The topological polar surface area (TPSA) is 115 Å². The van der Waals surface area contributed by atoms with E-state index in [2.05, 4.69) is 35.7 Å². The maximum absolute atomic E-state index is 13.5. The number of pyridine rings is 2. The van der Waals surface area contributed by atoms with Gasteiger partial charge in [0.15, 0.2) is 5.82 Å². The third kappa shape index (κ3) is 5.56. The molecule has 4 aromatic heterocycles. The molecule has 4 aromatic rings. The molecule has 0 aliphatic carbocycles. The molecule has 1 fully saturated rings. The molecule has 0 aromatic carbocycles. The predicted octanol–water partition coefficient (Wildman–Crippen LogP) is 4.11. The van der Waals surface area contributed by atoms with Crippen LogP contribution in [0.4, 0.5) is 10.2 Å². The van der Waals surface area contributed by atoms with Crippen LogP contribution in [0, 0.1) is 6.92 Å². The summed E-state index contributed by atoms with van der Waals surface area (Å²) < 4.78 is 20.5. The number of nitrogens with one attached hydrogen (secondary N) is 1. The molecule has 10 nitrogen and oxygen atoms in total. The summed E-state index contributed by atoms with van der Waals surface area (Å²) in [5.74, 6) is 0.645. The van der Waals surface area contributed by atoms with E-state index in [1.165, 1.54) is 6.20 Å². The predicted molar refractivity (Wildman–Crippen MR) is 135 cm³/mol. The number of carbonyl (C=O) groups excluding carboxylic acids is 1. The van der Waals surface area contributed by atoms with Gasteiger partial charge in [0.05, 0.1) is 23.1 Å². The number of aryl methyl sites for hydroxylation is 1. The zero-order valence-electron chi connectivity index (χ0n) is 21.3. The van der Waals surface area contributed by atoms with Crippen molar-refractivity contribution in [3.05, 3.63) is 65.6 Å². The van der Waals surface area contributed by atoms with Gasteiger partial charge in [-0.15, -0.1) is 5.10 Å². The quantitative estimate of drug-likeness (QED) is 0.417. The third-order valence-corrected chi connectivity index (χ3v) is 6.27. The third-order valence-electron chi connectivity index (χ3n) is 6.27. The highest BCUT2D eigenvalue weighted by molar-refractivity contribution is 6.03. The first-order valence-corrected chi connectivity index (χ1v) is 12.1. The number of halogens is 1. The van der Waals surface area contributed by atoms with Crippen molar-refractivity contribution in [2.75, 3.05) is 18.4 Å². The van der Waals surface area contributed by atoms with Gasteiger partial charge < -0.3 is 9.84 Å². The normalized spacial score (nSPS) is 16.3. The van der Waals surface area contributed by atoms with Crippen molar-refractivity contribution in [1.29, 1.82) is 0 Å². The lowest BCUT2D eigenvalue weighted by Crippen LogP contribution is -2.20. The van der Waals surface area contributed by atoms with Gasteiger partial charge in [-0.1, -0.05) is 31.1 Å².